The average Bonchev–Trinajstić information content (AvgIpc) is 3.44. The van der Waals surface area contributed by atoms with Gasteiger partial charge in [0.15, 0.2) is 5.82 Å². The lowest BCUT2D eigenvalue weighted by Crippen LogP contribution is -2.13. The molecular formula is C17H12F3N7O2. The summed E-state index contributed by atoms with van der Waals surface area (Å²) in [6.07, 6.45) is 3.03. The van der Waals surface area contributed by atoms with Gasteiger partial charge in [-0.05, 0) is 18.9 Å². The van der Waals surface area contributed by atoms with E-state index < -0.39 is 18.0 Å². The van der Waals surface area contributed by atoms with Crippen LogP contribution in [0.2, 0.25) is 0 Å². The van der Waals surface area contributed by atoms with Gasteiger partial charge in [0.25, 0.3) is 0 Å². The molecule has 148 valence electrons. The fraction of sp³-hybridized carbons (Fsp3) is 0.235. The predicted octanol–water partition coefficient (Wildman–Crippen LogP) is 2.50. The van der Waals surface area contributed by atoms with Crippen molar-refractivity contribution in [3.63, 3.8) is 0 Å². The van der Waals surface area contributed by atoms with E-state index in [0.717, 1.165) is 23.7 Å². The Morgan fingerprint density at radius 2 is 1.93 bits per heavy atom. The standard InChI is InChI=1S/C17H12F3N7O2/c18-17(19,20)16-24-12(9-1-2-9)3-13(25-16)14-23-8-27(26-14)6-11(15(28)29)10-4-21-7-22-5-10/h3-9H,1-2H2,(H,28,29)/b11-6+. The second-order valence-corrected chi connectivity index (χ2v) is 6.30. The van der Waals surface area contributed by atoms with Crippen LogP contribution in [0.5, 0.6) is 0 Å². The van der Waals surface area contributed by atoms with Crippen molar-refractivity contribution in [2.24, 2.45) is 0 Å². The molecular weight excluding hydrogens is 391 g/mol. The molecule has 3 heterocycles. The minimum atomic E-state index is -4.70. The van der Waals surface area contributed by atoms with Crippen molar-refractivity contribution in [1.29, 1.82) is 0 Å². The maximum atomic E-state index is 13.1. The number of carboxylic acids is 1. The van der Waals surface area contributed by atoms with Crippen LogP contribution in [-0.4, -0.2) is 45.8 Å². The number of aromatic nitrogens is 7. The third kappa shape index (κ3) is 4.10. The summed E-state index contributed by atoms with van der Waals surface area (Å²) in [4.78, 5) is 30.2. The van der Waals surface area contributed by atoms with E-state index in [1.54, 1.807) is 0 Å². The topological polar surface area (TPSA) is 120 Å². The van der Waals surface area contributed by atoms with Crippen molar-refractivity contribution < 1.29 is 23.1 Å². The molecule has 29 heavy (non-hydrogen) atoms. The van der Waals surface area contributed by atoms with Gasteiger partial charge in [-0.3, -0.25) is 0 Å². The van der Waals surface area contributed by atoms with Crippen molar-refractivity contribution in [2.75, 3.05) is 0 Å². The van der Waals surface area contributed by atoms with Gasteiger partial charge >= 0.3 is 12.1 Å². The van der Waals surface area contributed by atoms with E-state index in [-0.39, 0.29) is 28.6 Å². The Labute approximate surface area is 161 Å². The van der Waals surface area contributed by atoms with Crippen LogP contribution in [0.3, 0.4) is 0 Å². The van der Waals surface area contributed by atoms with Gasteiger partial charge in [0, 0.05) is 35.8 Å². The molecule has 0 unspecified atom stereocenters. The molecule has 0 radical (unpaired) electrons. The summed E-state index contributed by atoms with van der Waals surface area (Å²) in [5.41, 5.74) is 0.275. The van der Waals surface area contributed by atoms with E-state index in [4.69, 9.17) is 0 Å². The number of aliphatic carboxylic acids is 1. The van der Waals surface area contributed by atoms with E-state index in [1.165, 1.54) is 31.1 Å². The van der Waals surface area contributed by atoms with Crippen molar-refractivity contribution >= 4 is 17.7 Å². The van der Waals surface area contributed by atoms with Crippen LogP contribution in [0.25, 0.3) is 23.3 Å². The lowest BCUT2D eigenvalue weighted by atomic mass is 10.1. The zero-order valence-electron chi connectivity index (χ0n) is 14.6. The summed E-state index contributed by atoms with van der Waals surface area (Å²) in [6, 6.07) is 1.43. The number of carbonyl (C=O) groups is 1. The Morgan fingerprint density at radius 3 is 2.55 bits per heavy atom. The molecule has 0 aliphatic heterocycles. The first kappa shape index (κ1) is 18.7. The molecule has 0 amide bonds. The Morgan fingerprint density at radius 1 is 1.21 bits per heavy atom. The number of hydrogen-bond acceptors (Lipinski definition) is 7. The van der Waals surface area contributed by atoms with Gasteiger partial charge < -0.3 is 5.11 Å². The third-order valence-corrected chi connectivity index (χ3v) is 4.10. The molecule has 1 saturated carbocycles. The summed E-state index contributed by atoms with van der Waals surface area (Å²) in [5, 5.41) is 13.5. The summed E-state index contributed by atoms with van der Waals surface area (Å²) in [5.74, 6) is -2.62. The molecule has 3 aromatic heterocycles. The number of halogens is 3. The highest BCUT2D eigenvalue weighted by Crippen LogP contribution is 2.40. The molecule has 4 rings (SSSR count). The van der Waals surface area contributed by atoms with Gasteiger partial charge in [-0.1, -0.05) is 0 Å². The van der Waals surface area contributed by atoms with Crippen molar-refractivity contribution in [1.82, 2.24) is 34.7 Å². The van der Waals surface area contributed by atoms with Crippen LogP contribution in [0.15, 0.2) is 31.1 Å². The maximum absolute atomic E-state index is 13.1. The molecule has 1 aliphatic rings. The van der Waals surface area contributed by atoms with E-state index in [0.29, 0.717) is 5.69 Å². The summed E-state index contributed by atoms with van der Waals surface area (Å²) in [6.45, 7) is 0. The van der Waals surface area contributed by atoms with Crippen LogP contribution in [0.4, 0.5) is 13.2 Å². The fourth-order valence-electron chi connectivity index (χ4n) is 2.57. The lowest BCUT2D eigenvalue weighted by molar-refractivity contribution is -0.145. The minimum Gasteiger partial charge on any atom is -0.478 e. The molecule has 1 N–H and O–H groups in total. The van der Waals surface area contributed by atoms with Crippen LogP contribution < -0.4 is 0 Å². The van der Waals surface area contributed by atoms with Crippen LogP contribution in [-0.2, 0) is 11.0 Å². The number of rotatable bonds is 5. The SMILES string of the molecule is O=C(O)/C(=C/n1cnc(-c2cc(C3CC3)nc(C(F)(F)F)n2)n1)c1cncnc1. The summed E-state index contributed by atoms with van der Waals surface area (Å²) >= 11 is 0. The first-order chi connectivity index (χ1) is 13.8. The van der Waals surface area contributed by atoms with Gasteiger partial charge in [0.2, 0.25) is 5.82 Å². The van der Waals surface area contributed by atoms with Gasteiger partial charge in [0.05, 0.1) is 5.57 Å². The number of carboxylic acid groups (broad SMARTS) is 1. The molecule has 0 spiro atoms. The summed E-state index contributed by atoms with van der Waals surface area (Å²) < 4.78 is 40.5. The number of alkyl halides is 3. The second-order valence-electron chi connectivity index (χ2n) is 6.30. The number of nitrogens with zero attached hydrogens (tertiary/aromatic N) is 7. The van der Waals surface area contributed by atoms with Crippen molar-refractivity contribution in [2.45, 2.75) is 24.9 Å². The van der Waals surface area contributed by atoms with E-state index >= 15 is 0 Å². The van der Waals surface area contributed by atoms with E-state index in [2.05, 4.69) is 30.0 Å². The van der Waals surface area contributed by atoms with Crippen molar-refractivity contribution in [3.8, 4) is 11.5 Å². The molecule has 0 atom stereocenters. The van der Waals surface area contributed by atoms with Gasteiger partial charge in [0.1, 0.15) is 18.3 Å². The molecule has 12 heteroatoms. The average molecular weight is 403 g/mol. The lowest BCUT2D eigenvalue weighted by Gasteiger charge is -2.08. The first-order valence-corrected chi connectivity index (χ1v) is 8.39. The Hall–Kier alpha value is -3.70. The molecule has 9 nitrogen and oxygen atoms in total. The van der Waals surface area contributed by atoms with Crippen LogP contribution >= 0.6 is 0 Å². The zero-order chi connectivity index (χ0) is 20.6. The molecule has 0 aromatic carbocycles. The zero-order valence-corrected chi connectivity index (χ0v) is 14.6. The van der Waals surface area contributed by atoms with Crippen LogP contribution in [0, 0.1) is 0 Å². The monoisotopic (exact) mass is 403 g/mol. The Kier molecular flexibility index (Phi) is 4.53. The van der Waals surface area contributed by atoms with Crippen LogP contribution in [0.1, 0.15) is 35.8 Å². The highest BCUT2D eigenvalue weighted by atomic mass is 19.4. The molecule has 1 aliphatic carbocycles. The normalized spacial score (nSPS) is 14.8. The van der Waals surface area contributed by atoms with Gasteiger partial charge in [-0.25, -0.2) is 34.4 Å². The highest BCUT2D eigenvalue weighted by molar-refractivity contribution is 6.18. The fourth-order valence-corrected chi connectivity index (χ4v) is 2.57. The summed E-state index contributed by atoms with van der Waals surface area (Å²) in [7, 11) is 0. The largest absolute Gasteiger partial charge is 0.478 e. The van der Waals surface area contributed by atoms with E-state index in [1.807, 2.05) is 0 Å². The molecule has 0 saturated heterocycles. The predicted molar refractivity (Wildman–Crippen MR) is 91.9 cm³/mol. The van der Waals surface area contributed by atoms with Gasteiger partial charge in [-0.15, -0.1) is 5.10 Å². The molecule has 1 fully saturated rings. The highest BCUT2D eigenvalue weighted by Gasteiger charge is 2.37. The number of hydrogen-bond donors (Lipinski definition) is 1. The molecule has 0 bridgehead atoms. The Bertz CT molecular complexity index is 1090. The van der Waals surface area contributed by atoms with Crippen molar-refractivity contribution in [3.05, 3.63) is 48.2 Å². The third-order valence-electron chi connectivity index (χ3n) is 4.10. The Balaban J connectivity index is 1.72. The minimum absolute atomic E-state index is 0.0310. The smallest absolute Gasteiger partial charge is 0.451 e. The van der Waals surface area contributed by atoms with E-state index in [9.17, 15) is 23.1 Å². The molecule has 3 aromatic rings. The quantitative estimate of drug-likeness (QED) is 0.646. The second kappa shape index (κ2) is 7.04. The first-order valence-electron chi connectivity index (χ1n) is 8.39. The van der Waals surface area contributed by atoms with Gasteiger partial charge in [-0.2, -0.15) is 13.2 Å². The maximum Gasteiger partial charge on any atom is 0.451 e.